The molecule has 0 spiro atoms. The lowest BCUT2D eigenvalue weighted by Crippen LogP contribution is -2.26. The van der Waals surface area contributed by atoms with Crippen molar-refractivity contribution in [3.63, 3.8) is 0 Å². The number of anilines is 1. The summed E-state index contributed by atoms with van der Waals surface area (Å²) in [4.78, 5) is 23.8. The van der Waals surface area contributed by atoms with Gasteiger partial charge in [0.1, 0.15) is 0 Å². The van der Waals surface area contributed by atoms with Crippen LogP contribution in [0.5, 0.6) is 0 Å². The third-order valence-electron chi connectivity index (χ3n) is 4.08. The Kier molecular flexibility index (Phi) is 4.10. The van der Waals surface area contributed by atoms with Gasteiger partial charge in [0.2, 0.25) is 0 Å². The van der Waals surface area contributed by atoms with Gasteiger partial charge in [0, 0.05) is 4.47 Å². The Morgan fingerprint density at radius 1 is 1.24 bits per heavy atom. The van der Waals surface area contributed by atoms with Gasteiger partial charge in [0.25, 0.3) is 5.91 Å². The van der Waals surface area contributed by atoms with Crippen LogP contribution < -0.4 is 5.32 Å². The van der Waals surface area contributed by atoms with Gasteiger partial charge in [-0.2, -0.15) is 0 Å². The fraction of sp³-hybridized carbons (Fsp3) is 0.375. The third kappa shape index (κ3) is 3.18. The predicted molar refractivity (Wildman–Crippen MR) is 82.6 cm³/mol. The van der Waals surface area contributed by atoms with Gasteiger partial charge in [0.05, 0.1) is 11.6 Å². The Morgan fingerprint density at radius 3 is 2.71 bits per heavy atom. The van der Waals surface area contributed by atoms with E-state index < -0.39 is 0 Å². The number of hydrogen-bond donors (Lipinski definition) is 1. The molecule has 3 rings (SSSR count). The van der Waals surface area contributed by atoms with Crippen LogP contribution in [0.2, 0.25) is 0 Å². The molecule has 1 fully saturated rings. The summed E-state index contributed by atoms with van der Waals surface area (Å²) < 4.78 is 5.95. The van der Waals surface area contributed by atoms with Crippen molar-refractivity contribution in [3.8, 4) is 0 Å². The first-order valence-electron chi connectivity index (χ1n) is 7.03. The summed E-state index contributed by atoms with van der Waals surface area (Å²) in [6.45, 7) is -0.238. The van der Waals surface area contributed by atoms with E-state index in [1.807, 2.05) is 18.2 Å². The zero-order valence-electron chi connectivity index (χ0n) is 11.4. The van der Waals surface area contributed by atoms with E-state index in [0.29, 0.717) is 17.5 Å². The number of para-hydroxylation sites is 1. The molecule has 2 bridgehead atoms. The Balaban J connectivity index is 1.49. The van der Waals surface area contributed by atoms with Gasteiger partial charge in [-0.15, -0.1) is 0 Å². The monoisotopic (exact) mass is 349 g/mol. The van der Waals surface area contributed by atoms with Crippen LogP contribution in [0.4, 0.5) is 5.69 Å². The van der Waals surface area contributed by atoms with Gasteiger partial charge >= 0.3 is 5.97 Å². The van der Waals surface area contributed by atoms with Gasteiger partial charge in [-0.05, 0) is 52.7 Å². The average molecular weight is 350 g/mol. The molecule has 110 valence electrons. The van der Waals surface area contributed by atoms with Crippen molar-refractivity contribution >= 4 is 33.5 Å². The second-order valence-corrected chi connectivity index (χ2v) is 6.38. The minimum Gasteiger partial charge on any atom is -0.455 e. The molecule has 0 unspecified atom stereocenters. The van der Waals surface area contributed by atoms with Crippen molar-refractivity contribution in [1.29, 1.82) is 0 Å². The van der Waals surface area contributed by atoms with E-state index in [-0.39, 0.29) is 24.4 Å². The second-order valence-electron chi connectivity index (χ2n) is 5.52. The fourth-order valence-corrected chi connectivity index (χ4v) is 3.43. The first-order valence-corrected chi connectivity index (χ1v) is 7.82. The lowest BCUT2D eigenvalue weighted by Gasteiger charge is -2.16. The average Bonchev–Trinajstić information content (AvgIpc) is 3.10. The summed E-state index contributed by atoms with van der Waals surface area (Å²) in [6.07, 6.45) is 6.17. The maximum atomic E-state index is 12.0. The second kappa shape index (κ2) is 6.02. The normalized spacial score (nSPS) is 25.9. The number of halogens is 1. The molecule has 1 N–H and O–H groups in total. The number of carbonyl (C=O) groups is 2. The zero-order valence-corrected chi connectivity index (χ0v) is 13.0. The van der Waals surface area contributed by atoms with E-state index in [1.54, 1.807) is 6.07 Å². The van der Waals surface area contributed by atoms with Crippen LogP contribution in [0, 0.1) is 17.8 Å². The molecule has 2 aliphatic carbocycles. The number of ether oxygens (including phenoxy) is 1. The molecular weight excluding hydrogens is 334 g/mol. The molecule has 0 radical (unpaired) electrons. The Bertz CT molecular complexity index is 599. The number of fused-ring (bicyclic) bond motifs is 2. The summed E-state index contributed by atoms with van der Waals surface area (Å²) in [5.41, 5.74) is 0.668. The number of hydrogen-bond acceptors (Lipinski definition) is 3. The molecule has 21 heavy (non-hydrogen) atoms. The molecule has 1 amide bonds. The van der Waals surface area contributed by atoms with Gasteiger partial charge in [-0.25, -0.2) is 0 Å². The highest BCUT2D eigenvalue weighted by Crippen LogP contribution is 2.43. The summed E-state index contributed by atoms with van der Waals surface area (Å²) in [5, 5.41) is 2.71. The maximum absolute atomic E-state index is 12.0. The quantitative estimate of drug-likeness (QED) is 0.671. The van der Waals surface area contributed by atoms with Crippen molar-refractivity contribution in [2.45, 2.75) is 12.8 Å². The number of benzene rings is 1. The van der Waals surface area contributed by atoms with E-state index in [2.05, 4.69) is 33.4 Å². The van der Waals surface area contributed by atoms with Crippen LogP contribution in [0.25, 0.3) is 0 Å². The van der Waals surface area contributed by atoms with Crippen LogP contribution in [-0.4, -0.2) is 18.5 Å². The highest BCUT2D eigenvalue weighted by Gasteiger charge is 2.40. The Hall–Kier alpha value is -1.62. The highest BCUT2D eigenvalue weighted by atomic mass is 79.9. The maximum Gasteiger partial charge on any atom is 0.310 e. The predicted octanol–water partition coefficient (Wildman–Crippen LogP) is 3.14. The van der Waals surface area contributed by atoms with E-state index in [9.17, 15) is 9.59 Å². The Labute approximate surface area is 131 Å². The van der Waals surface area contributed by atoms with Crippen molar-refractivity contribution in [3.05, 3.63) is 40.9 Å². The number of rotatable bonds is 4. The first kappa shape index (κ1) is 14.3. The number of esters is 1. The number of amides is 1. The Morgan fingerprint density at radius 2 is 2.05 bits per heavy atom. The zero-order chi connectivity index (χ0) is 14.8. The van der Waals surface area contributed by atoms with Gasteiger partial charge in [0.15, 0.2) is 6.61 Å². The van der Waals surface area contributed by atoms with Crippen molar-refractivity contribution in [2.75, 3.05) is 11.9 Å². The third-order valence-corrected chi connectivity index (χ3v) is 4.77. The molecule has 1 aromatic carbocycles. The largest absolute Gasteiger partial charge is 0.455 e. The molecule has 0 saturated heterocycles. The summed E-state index contributed by atoms with van der Waals surface area (Å²) >= 11 is 3.35. The molecule has 4 nitrogen and oxygen atoms in total. The minimum atomic E-state index is -0.325. The molecule has 1 aromatic rings. The first-order chi connectivity index (χ1) is 10.1. The smallest absolute Gasteiger partial charge is 0.310 e. The number of allylic oxidation sites excluding steroid dienone is 2. The number of nitrogens with one attached hydrogen (secondary N) is 1. The summed E-state index contributed by atoms with van der Waals surface area (Å²) in [7, 11) is 0. The van der Waals surface area contributed by atoms with Crippen LogP contribution in [0.3, 0.4) is 0 Å². The standard InChI is InChI=1S/C16H16BrNO3/c17-13-3-1-2-4-14(13)18-15(19)9-21-16(20)12-8-10-5-6-11(12)7-10/h1-6,10-12H,7-9H2,(H,18,19)/t10-,11-,12+/m0/s1. The van der Waals surface area contributed by atoms with E-state index in [4.69, 9.17) is 4.74 Å². The summed E-state index contributed by atoms with van der Waals surface area (Å²) in [6, 6.07) is 7.31. The number of carbonyl (C=O) groups excluding carboxylic acids is 2. The van der Waals surface area contributed by atoms with Gasteiger partial charge in [-0.3, -0.25) is 9.59 Å². The van der Waals surface area contributed by atoms with Crippen molar-refractivity contribution in [1.82, 2.24) is 0 Å². The topological polar surface area (TPSA) is 55.4 Å². The molecule has 5 heteroatoms. The molecular formula is C16H16BrNO3. The minimum absolute atomic E-state index is 0.0729. The van der Waals surface area contributed by atoms with Gasteiger partial charge < -0.3 is 10.1 Å². The molecule has 0 aromatic heterocycles. The molecule has 0 heterocycles. The SMILES string of the molecule is O=C(COC(=O)[C@@H]1C[C@H]2C=C[C@H]1C2)Nc1ccccc1Br. The van der Waals surface area contributed by atoms with Crippen LogP contribution in [0.1, 0.15) is 12.8 Å². The van der Waals surface area contributed by atoms with E-state index in [1.165, 1.54) is 0 Å². The molecule has 0 aliphatic heterocycles. The van der Waals surface area contributed by atoms with Crippen LogP contribution in [-0.2, 0) is 14.3 Å². The lowest BCUT2D eigenvalue weighted by atomic mass is 9.94. The van der Waals surface area contributed by atoms with Crippen molar-refractivity contribution < 1.29 is 14.3 Å². The van der Waals surface area contributed by atoms with Crippen LogP contribution >= 0.6 is 15.9 Å². The van der Waals surface area contributed by atoms with E-state index in [0.717, 1.165) is 17.3 Å². The molecule has 3 atom stereocenters. The highest BCUT2D eigenvalue weighted by molar-refractivity contribution is 9.10. The molecule has 1 saturated carbocycles. The van der Waals surface area contributed by atoms with E-state index >= 15 is 0 Å². The summed E-state index contributed by atoms with van der Waals surface area (Å²) in [5.74, 6) is 0.162. The molecule has 2 aliphatic rings. The fourth-order valence-electron chi connectivity index (χ4n) is 3.04. The van der Waals surface area contributed by atoms with Crippen LogP contribution in [0.15, 0.2) is 40.9 Å². The van der Waals surface area contributed by atoms with Gasteiger partial charge in [-0.1, -0.05) is 24.3 Å². The van der Waals surface area contributed by atoms with Crippen molar-refractivity contribution in [2.24, 2.45) is 17.8 Å². The lowest BCUT2D eigenvalue weighted by molar-refractivity contribution is -0.152.